The first-order valence-electron chi connectivity index (χ1n) is 8.26. The van der Waals surface area contributed by atoms with Crippen LogP contribution in [0, 0.1) is 0 Å². The summed E-state index contributed by atoms with van der Waals surface area (Å²) in [6.07, 6.45) is 4.06. The number of ether oxygens (including phenoxy) is 1. The van der Waals surface area contributed by atoms with Crippen molar-refractivity contribution in [1.29, 1.82) is 0 Å². The zero-order valence-electron chi connectivity index (χ0n) is 14.2. The molecule has 2 N–H and O–H groups in total. The van der Waals surface area contributed by atoms with E-state index in [1.807, 2.05) is 24.3 Å². The van der Waals surface area contributed by atoms with Crippen LogP contribution in [-0.2, 0) is 9.53 Å². The van der Waals surface area contributed by atoms with Crippen molar-refractivity contribution < 1.29 is 14.3 Å². The van der Waals surface area contributed by atoms with Crippen molar-refractivity contribution in [2.45, 2.75) is 32.1 Å². The maximum absolute atomic E-state index is 12.1. The molecule has 6 nitrogen and oxygen atoms in total. The van der Waals surface area contributed by atoms with Gasteiger partial charge < -0.3 is 10.1 Å². The van der Waals surface area contributed by atoms with E-state index in [-0.39, 0.29) is 11.9 Å². The Labute approximate surface area is 155 Å². The number of aromatic nitrogens is 2. The van der Waals surface area contributed by atoms with Crippen LogP contribution in [-0.4, -0.2) is 35.7 Å². The van der Waals surface area contributed by atoms with Gasteiger partial charge in [-0.2, -0.15) is 5.10 Å². The van der Waals surface area contributed by atoms with Gasteiger partial charge in [-0.25, -0.2) is 0 Å². The second-order valence-electron chi connectivity index (χ2n) is 5.67. The molecular weight excluding hydrogens is 386 g/mol. The smallest absolute Gasteiger partial charge is 0.305 e. The van der Waals surface area contributed by atoms with E-state index in [2.05, 4.69) is 36.2 Å². The molecule has 2 rings (SSSR count). The number of esters is 1. The van der Waals surface area contributed by atoms with Crippen LogP contribution in [0.4, 0.5) is 0 Å². The van der Waals surface area contributed by atoms with Gasteiger partial charge in [-0.15, -0.1) is 0 Å². The number of H-pyrrole nitrogens is 1. The van der Waals surface area contributed by atoms with Gasteiger partial charge in [0, 0.05) is 23.0 Å². The molecule has 0 bridgehead atoms. The quantitative estimate of drug-likeness (QED) is 0.490. The first kappa shape index (κ1) is 19.2. The van der Waals surface area contributed by atoms with Crippen molar-refractivity contribution in [2.75, 3.05) is 13.7 Å². The van der Waals surface area contributed by atoms with E-state index in [1.54, 1.807) is 6.07 Å². The fraction of sp³-hybridized carbons (Fsp3) is 0.389. The summed E-state index contributed by atoms with van der Waals surface area (Å²) < 4.78 is 5.59. The third-order valence-corrected chi connectivity index (χ3v) is 4.31. The maximum atomic E-state index is 12.1. The van der Waals surface area contributed by atoms with Gasteiger partial charge in [-0.05, 0) is 31.0 Å². The predicted molar refractivity (Wildman–Crippen MR) is 99.2 cm³/mol. The SMILES string of the molecule is COC(=O)CCCCCCNC(=O)c1cc(-c2ccc(Br)cc2)n[nH]1. The van der Waals surface area contributed by atoms with Gasteiger partial charge in [-0.3, -0.25) is 14.7 Å². The Hall–Kier alpha value is -2.15. The number of unbranched alkanes of at least 4 members (excludes halogenated alkanes) is 3. The molecule has 0 unspecified atom stereocenters. The molecule has 0 aliphatic heterocycles. The molecule has 7 heteroatoms. The summed E-state index contributed by atoms with van der Waals surface area (Å²) in [6, 6.07) is 9.50. The highest BCUT2D eigenvalue weighted by atomic mass is 79.9. The van der Waals surface area contributed by atoms with Crippen molar-refractivity contribution in [3.63, 3.8) is 0 Å². The normalized spacial score (nSPS) is 10.5. The largest absolute Gasteiger partial charge is 0.469 e. The van der Waals surface area contributed by atoms with Crippen LogP contribution >= 0.6 is 15.9 Å². The zero-order chi connectivity index (χ0) is 18.1. The Kier molecular flexibility index (Phi) is 7.66. The minimum atomic E-state index is -0.172. The molecule has 0 aliphatic rings. The lowest BCUT2D eigenvalue weighted by Gasteiger charge is -2.03. The zero-order valence-corrected chi connectivity index (χ0v) is 15.8. The number of halogens is 1. The summed E-state index contributed by atoms with van der Waals surface area (Å²) in [5.74, 6) is -0.334. The number of amides is 1. The molecule has 1 aromatic heterocycles. The Morgan fingerprint density at radius 2 is 1.88 bits per heavy atom. The highest BCUT2D eigenvalue weighted by Gasteiger charge is 2.10. The minimum absolute atomic E-state index is 0.162. The Morgan fingerprint density at radius 3 is 2.60 bits per heavy atom. The van der Waals surface area contributed by atoms with E-state index in [9.17, 15) is 9.59 Å². The lowest BCUT2D eigenvalue weighted by Crippen LogP contribution is -2.24. The van der Waals surface area contributed by atoms with Crippen molar-refractivity contribution in [1.82, 2.24) is 15.5 Å². The van der Waals surface area contributed by atoms with Gasteiger partial charge in [0.15, 0.2) is 0 Å². The van der Waals surface area contributed by atoms with Crippen LogP contribution in [0.15, 0.2) is 34.8 Å². The lowest BCUT2D eigenvalue weighted by atomic mass is 10.1. The van der Waals surface area contributed by atoms with Gasteiger partial charge in [0.1, 0.15) is 5.69 Å². The molecule has 1 amide bonds. The number of carbonyl (C=O) groups excluding carboxylic acids is 2. The second kappa shape index (κ2) is 9.98. The van der Waals surface area contributed by atoms with Crippen LogP contribution in [0.3, 0.4) is 0 Å². The fourth-order valence-corrected chi connectivity index (χ4v) is 2.62. The van der Waals surface area contributed by atoms with E-state index >= 15 is 0 Å². The van der Waals surface area contributed by atoms with Gasteiger partial charge in [0.2, 0.25) is 0 Å². The molecule has 0 saturated carbocycles. The van der Waals surface area contributed by atoms with E-state index in [4.69, 9.17) is 0 Å². The van der Waals surface area contributed by atoms with E-state index in [0.717, 1.165) is 41.4 Å². The fourth-order valence-electron chi connectivity index (χ4n) is 2.35. The molecule has 0 fully saturated rings. The third-order valence-electron chi connectivity index (χ3n) is 3.78. The first-order valence-corrected chi connectivity index (χ1v) is 9.06. The van der Waals surface area contributed by atoms with Gasteiger partial charge in [-0.1, -0.05) is 40.9 Å². The van der Waals surface area contributed by atoms with Gasteiger partial charge in [0.25, 0.3) is 5.91 Å². The molecule has 134 valence electrons. The predicted octanol–water partition coefficient (Wildman–Crippen LogP) is 3.69. The molecule has 0 spiro atoms. The maximum Gasteiger partial charge on any atom is 0.305 e. The summed E-state index contributed by atoms with van der Waals surface area (Å²) in [5, 5.41) is 9.83. The van der Waals surface area contributed by atoms with Crippen molar-refractivity contribution in [3.05, 3.63) is 40.5 Å². The summed E-state index contributed by atoms with van der Waals surface area (Å²) in [5.41, 5.74) is 2.13. The van der Waals surface area contributed by atoms with Gasteiger partial charge >= 0.3 is 5.97 Å². The highest BCUT2D eigenvalue weighted by molar-refractivity contribution is 9.10. The van der Waals surface area contributed by atoms with Crippen molar-refractivity contribution in [3.8, 4) is 11.3 Å². The van der Waals surface area contributed by atoms with E-state index in [1.165, 1.54) is 7.11 Å². The molecule has 0 saturated heterocycles. The molecule has 1 aromatic carbocycles. The van der Waals surface area contributed by atoms with E-state index in [0.29, 0.717) is 18.7 Å². The number of rotatable bonds is 9. The molecule has 25 heavy (non-hydrogen) atoms. The molecule has 0 aliphatic carbocycles. The molecular formula is C18H22BrN3O3. The highest BCUT2D eigenvalue weighted by Crippen LogP contribution is 2.20. The van der Waals surface area contributed by atoms with Crippen LogP contribution in [0.2, 0.25) is 0 Å². The lowest BCUT2D eigenvalue weighted by molar-refractivity contribution is -0.140. The summed E-state index contributed by atoms with van der Waals surface area (Å²) in [7, 11) is 1.40. The summed E-state index contributed by atoms with van der Waals surface area (Å²) in [4.78, 5) is 23.1. The standard InChI is InChI=1S/C18H22BrN3O3/c1-25-17(23)6-4-2-3-5-11-20-18(24)16-12-15(21-22-16)13-7-9-14(19)10-8-13/h7-10,12H,2-6,11H2,1H3,(H,20,24)(H,21,22). The van der Waals surface area contributed by atoms with Crippen LogP contribution in [0.1, 0.15) is 42.6 Å². The minimum Gasteiger partial charge on any atom is -0.469 e. The summed E-state index contributed by atoms with van der Waals surface area (Å²) >= 11 is 3.39. The Bertz CT molecular complexity index is 698. The second-order valence-corrected chi connectivity index (χ2v) is 6.59. The van der Waals surface area contributed by atoms with E-state index < -0.39 is 0 Å². The molecule has 0 radical (unpaired) electrons. The van der Waals surface area contributed by atoms with Crippen molar-refractivity contribution in [2.24, 2.45) is 0 Å². The number of hydrogen-bond donors (Lipinski definition) is 2. The van der Waals surface area contributed by atoms with Crippen LogP contribution in [0.25, 0.3) is 11.3 Å². The molecule has 2 aromatic rings. The number of methoxy groups -OCH3 is 1. The third kappa shape index (κ3) is 6.34. The molecule has 1 heterocycles. The van der Waals surface area contributed by atoms with Gasteiger partial charge in [0.05, 0.1) is 12.8 Å². The Morgan fingerprint density at radius 1 is 1.16 bits per heavy atom. The number of benzene rings is 1. The van der Waals surface area contributed by atoms with Crippen LogP contribution < -0.4 is 5.32 Å². The molecule has 0 atom stereocenters. The number of aromatic amines is 1. The average Bonchev–Trinajstić information content (AvgIpc) is 3.11. The number of carbonyl (C=O) groups is 2. The van der Waals surface area contributed by atoms with Crippen molar-refractivity contribution >= 4 is 27.8 Å². The number of nitrogens with one attached hydrogen (secondary N) is 2. The first-order chi connectivity index (χ1) is 12.1. The number of hydrogen-bond acceptors (Lipinski definition) is 4. The summed E-state index contributed by atoms with van der Waals surface area (Å²) in [6.45, 7) is 0.601. The topological polar surface area (TPSA) is 84.1 Å². The number of nitrogens with zero attached hydrogens (tertiary/aromatic N) is 1. The van der Waals surface area contributed by atoms with Crippen LogP contribution in [0.5, 0.6) is 0 Å². The Balaban J connectivity index is 1.69. The average molecular weight is 408 g/mol. The monoisotopic (exact) mass is 407 g/mol.